The lowest BCUT2D eigenvalue weighted by Gasteiger charge is -2.37. The van der Waals surface area contributed by atoms with Crippen LogP contribution >= 0.6 is 0 Å². The molecule has 4 nitrogen and oxygen atoms in total. The van der Waals surface area contributed by atoms with Crippen molar-refractivity contribution in [3.8, 4) is 0 Å². The first kappa shape index (κ1) is 9.06. The van der Waals surface area contributed by atoms with Crippen molar-refractivity contribution in [1.29, 1.82) is 5.41 Å². The van der Waals surface area contributed by atoms with Gasteiger partial charge in [0.25, 0.3) is 0 Å². The third kappa shape index (κ3) is 2.23. The van der Waals surface area contributed by atoms with Gasteiger partial charge in [-0.05, 0) is 0 Å². The summed E-state index contributed by atoms with van der Waals surface area (Å²) >= 11 is 0. The first-order valence-electron chi connectivity index (χ1n) is 3.83. The fourth-order valence-electron chi connectivity index (χ4n) is 0.922. The average molecular weight is 170 g/mol. The largest absolute Gasteiger partial charge is 0.479 e. The van der Waals surface area contributed by atoms with E-state index in [0.717, 1.165) is 19.4 Å². The highest BCUT2D eigenvalue weighted by Crippen LogP contribution is 2.26. The van der Waals surface area contributed by atoms with E-state index < -0.39 is 0 Å². The third-order valence-electron chi connectivity index (χ3n) is 1.74. The molecule has 0 atom stereocenters. The van der Waals surface area contributed by atoms with Crippen LogP contribution in [0.15, 0.2) is 12.0 Å². The van der Waals surface area contributed by atoms with Crippen LogP contribution in [0.25, 0.3) is 0 Å². The van der Waals surface area contributed by atoms with Crippen LogP contribution < -0.4 is 5.73 Å². The Labute approximate surface area is 71.9 Å². The van der Waals surface area contributed by atoms with Crippen molar-refractivity contribution in [2.45, 2.75) is 6.92 Å². The standard InChI is InChI=1S/C8H14N2O2/c1-8(4-11-5-8)6-12-7(10)2-3-9/h2-3,9H,4-6,10H2,1H3. The summed E-state index contributed by atoms with van der Waals surface area (Å²) in [6, 6.07) is 0. The van der Waals surface area contributed by atoms with Crippen LogP contribution in [0.3, 0.4) is 0 Å². The summed E-state index contributed by atoms with van der Waals surface area (Å²) in [4.78, 5) is 0. The highest BCUT2D eigenvalue weighted by Gasteiger charge is 2.34. The maximum Gasteiger partial charge on any atom is 0.185 e. The first-order chi connectivity index (χ1) is 5.66. The second-order valence-corrected chi connectivity index (χ2v) is 3.33. The van der Waals surface area contributed by atoms with E-state index >= 15 is 0 Å². The molecule has 0 radical (unpaired) electrons. The van der Waals surface area contributed by atoms with E-state index in [4.69, 9.17) is 20.6 Å². The van der Waals surface area contributed by atoms with Crippen molar-refractivity contribution >= 4 is 6.21 Å². The number of hydrogen-bond donors (Lipinski definition) is 2. The molecule has 0 spiro atoms. The molecule has 1 fully saturated rings. The number of nitrogens with two attached hydrogens (primary N) is 1. The fraction of sp³-hybridized carbons (Fsp3) is 0.625. The Morgan fingerprint density at radius 2 is 2.42 bits per heavy atom. The summed E-state index contributed by atoms with van der Waals surface area (Å²) in [5.74, 6) is 0.290. The normalized spacial score (nSPS) is 21.2. The van der Waals surface area contributed by atoms with Crippen LogP contribution in [0.2, 0.25) is 0 Å². The van der Waals surface area contributed by atoms with Gasteiger partial charge in [0, 0.05) is 17.7 Å². The Hall–Kier alpha value is -1.03. The summed E-state index contributed by atoms with van der Waals surface area (Å²) in [6.45, 7) is 4.09. The van der Waals surface area contributed by atoms with E-state index in [1.165, 1.54) is 6.08 Å². The lowest BCUT2D eigenvalue weighted by Crippen LogP contribution is -2.43. The topological polar surface area (TPSA) is 68.3 Å². The second kappa shape index (κ2) is 3.58. The molecule has 0 bridgehead atoms. The van der Waals surface area contributed by atoms with E-state index in [0.29, 0.717) is 6.61 Å². The number of hydrogen-bond acceptors (Lipinski definition) is 4. The molecule has 0 saturated carbocycles. The molecule has 68 valence electrons. The van der Waals surface area contributed by atoms with Crippen molar-refractivity contribution in [3.63, 3.8) is 0 Å². The highest BCUT2D eigenvalue weighted by molar-refractivity contribution is 5.68. The Bertz CT molecular complexity index is 197. The van der Waals surface area contributed by atoms with Crippen molar-refractivity contribution in [2.75, 3.05) is 19.8 Å². The summed E-state index contributed by atoms with van der Waals surface area (Å²) in [5, 5.41) is 6.74. The Balaban J connectivity index is 2.24. The monoisotopic (exact) mass is 170 g/mol. The summed E-state index contributed by atoms with van der Waals surface area (Å²) < 4.78 is 10.2. The predicted molar refractivity (Wildman–Crippen MR) is 45.9 cm³/mol. The van der Waals surface area contributed by atoms with Gasteiger partial charge in [-0.2, -0.15) is 0 Å². The Morgan fingerprint density at radius 1 is 1.75 bits per heavy atom. The summed E-state index contributed by atoms with van der Waals surface area (Å²) in [5.41, 5.74) is 5.53. The van der Waals surface area contributed by atoms with Crippen LogP contribution in [0.5, 0.6) is 0 Å². The number of rotatable bonds is 4. The predicted octanol–water partition coefficient (Wildman–Crippen LogP) is 0.489. The van der Waals surface area contributed by atoms with E-state index in [1.54, 1.807) is 0 Å². The van der Waals surface area contributed by atoms with Crippen LogP contribution in [0, 0.1) is 10.8 Å². The van der Waals surface area contributed by atoms with Gasteiger partial charge in [-0.3, -0.25) is 0 Å². The molecule has 1 rings (SSSR count). The van der Waals surface area contributed by atoms with Crippen LogP contribution in [-0.4, -0.2) is 26.0 Å². The van der Waals surface area contributed by atoms with Crippen LogP contribution in [-0.2, 0) is 9.47 Å². The molecule has 1 aliphatic rings. The molecule has 0 aromatic rings. The molecule has 12 heavy (non-hydrogen) atoms. The maximum atomic E-state index is 6.74. The highest BCUT2D eigenvalue weighted by atomic mass is 16.5. The average Bonchev–Trinajstić information content (AvgIpc) is 1.98. The molecule has 0 aromatic carbocycles. The van der Waals surface area contributed by atoms with Gasteiger partial charge < -0.3 is 20.6 Å². The van der Waals surface area contributed by atoms with Gasteiger partial charge in [-0.1, -0.05) is 6.92 Å². The number of allylic oxidation sites excluding steroid dienone is 1. The van der Waals surface area contributed by atoms with Crippen molar-refractivity contribution < 1.29 is 9.47 Å². The molecule has 0 aliphatic carbocycles. The summed E-state index contributed by atoms with van der Waals surface area (Å²) in [7, 11) is 0. The SMILES string of the molecule is CC1(COC(N)=CC=N)COC1. The molecule has 4 heteroatoms. The minimum Gasteiger partial charge on any atom is -0.479 e. The van der Waals surface area contributed by atoms with Crippen molar-refractivity contribution in [1.82, 2.24) is 0 Å². The molecule has 0 unspecified atom stereocenters. The Morgan fingerprint density at radius 3 is 2.83 bits per heavy atom. The van der Waals surface area contributed by atoms with Crippen LogP contribution in [0.4, 0.5) is 0 Å². The zero-order valence-electron chi connectivity index (χ0n) is 7.17. The molecule has 1 saturated heterocycles. The van der Waals surface area contributed by atoms with E-state index in [1.807, 2.05) is 0 Å². The first-order valence-corrected chi connectivity index (χ1v) is 3.83. The number of ether oxygens (including phenoxy) is 2. The van der Waals surface area contributed by atoms with Gasteiger partial charge in [-0.15, -0.1) is 0 Å². The van der Waals surface area contributed by atoms with E-state index in [-0.39, 0.29) is 11.3 Å². The zero-order chi connectivity index (χ0) is 9.03. The quantitative estimate of drug-likeness (QED) is 0.476. The molecule has 0 amide bonds. The molecular weight excluding hydrogens is 156 g/mol. The van der Waals surface area contributed by atoms with Gasteiger partial charge in [-0.25, -0.2) is 0 Å². The minimum absolute atomic E-state index is 0.112. The van der Waals surface area contributed by atoms with Crippen molar-refractivity contribution in [3.05, 3.63) is 12.0 Å². The Kier molecular flexibility index (Phi) is 2.70. The molecule has 1 aliphatic heterocycles. The van der Waals surface area contributed by atoms with Crippen molar-refractivity contribution in [2.24, 2.45) is 11.1 Å². The van der Waals surface area contributed by atoms with E-state index in [2.05, 4.69) is 6.92 Å². The smallest absolute Gasteiger partial charge is 0.185 e. The second-order valence-electron chi connectivity index (χ2n) is 3.33. The van der Waals surface area contributed by atoms with Gasteiger partial charge in [0.05, 0.1) is 19.8 Å². The van der Waals surface area contributed by atoms with Gasteiger partial charge in [0.15, 0.2) is 5.88 Å². The molecular formula is C8H14N2O2. The lowest BCUT2D eigenvalue weighted by atomic mass is 9.90. The van der Waals surface area contributed by atoms with E-state index in [9.17, 15) is 0 Å². The maximum absolute atomic E-state index is 6.74. The van der Waals surface area contributed by atoms with Gasteiger partial charge in [0.1, 0.15) is 0 Å². The van der Waals surface area contributed by atoms with Crippen LogP contribution in [0.1, 0.15) is 6.92 Å². The molecule has 3 N–H and O–H groups in total. The van der Waals surface area contributed by atoms with Gasteiger partial charge in [0.2, 0.25) is 0 Å². The zero-order valence-corrected chi connectivity index (χ0v) is 7.17. The van der Waals surface area contributed by atoms with Gasteiger partial charge >= 0.3 is 0 Å². The number of nitrogens with one attached hydrogen (secondary N) is 1. The molecule has 0 aromatic heterocycles. The minimum atomic E-state index is 0.112. The fourth-order valence-corrected chi connectivity index (χ4v) is 0.922. The summed E-state index contributed by atoms with van der Waals surface area (Å²) in [6.07, 6.45) is 2.53. The molecule has 1 heterocycles. The lowest BCUT2D eigenvalue weighted by molar-refractivity contribution is -0.129. The third-order valence-corrected chi connectivity index (χ3v) is 1.74.